The first-order valence-electron chi connectivity index (χ1n) is 8.72. The van der Waals surface area contributed by atoms with Gasteiger partial charge in [0.05, 0.1) is 31.7 Å². The van der Waals surface area contributed by atoms with Crippen LogP contribution in [-0.4, -0.2) is 42.5 Å². The minimum Gasteiger partial charge on any atom is -0.469 e. The minimum atomic E-state index is 0. The van der Waals surface area contributed by atoms with E-state index in [4.69, 9.17) is 14.1 Å². The predicted molar refractivity (Wildman–Crippen MR) is 114 cm³/mol. The van der Waals surface area contributed by atoms with Crippen molar-refractivity contribution in [3.8, 4) is 0 Å². The SMILES string of the molecule is CCNC(=NCc1c(C)nn(CCOC)c1C)NCCc1ccco1.I. The zero-order valence-electron chi connectivity index (χ0n) is 16.0. The lowest BCUT2D eigenvalue weighted by Gasteiger charge is -2.11. The van der Waals surface area contributed by atoms with Gasteiger partial charge in [0.15, 0.2) is 5.96 Å². The molecule has 0 aliphatic carbocycles. The van der Waals surface area contributed by atoms with E-state index in [0.717, 1.165) is 49.2 Å². The first kappa shape index (κ1) is 22.5. The number of halogens is 1. The molecule has 0 aliphatic heterocycles. The third kappa shape index (κ3) is 6.64. The van der Waals surface area contributed by atoms with Crippen molar-refractivity contribution in [2.24, 2.45) is 4.99 Å². The second kappa shape index (κ2) is 11.9. The van der Waals surface area contributed by atoms with Gasteiger partial charge in [0.2, 0.25) is 0 Å². The van der Waals surface area contributed by atoms with Crippen molar-refractivity contribution in [2.45, 2.75) is 40.3 Å². The topological polar surface area (TPSA) is 76.6 Å². The number of rotatable bonds is 9. The molecule has 2 aromatic rings. The largest absolute Gasteiger partial charge is 0.469 e. The van der Waals surface area contributed by atoms with Crippen LogP contribution in [0.5, 0.6) is 0 Å². The Bertz CT molecular complexity index is 667. The van der Waals surface area contributed by atoms with Gasteiger partial charge in [-0.1, -0.05) is 0 Å². The van der Waals surface area contributed by atoms with Crippen LogP contribution in [-0.2, 0) is 24.2 Å². The van der Waals surface area contributed by atoms with Crippen LogP contribution in [0.2, 0.25) is 0 Å². The van der Waals surface area contributed by atoms with Gasteiger partial charge in [-0.25, -0.2) is 4.99 Å². The third-order valence-electron chi connectivity index (χ3n) is 4.02. The van der Waals surface area contributed by atoms with E-state index in [-0.39, 0.29) is 24.0 Å². The van der Waals surface area contributed by atoms with Crippen LogP contribution < -0.4 is 10.6 Å². The molecule has 0 saturated carbocycles. The lowest BCUT2D eigenvalue weighted by molar-refractivity contribution is 0.182. The Labute approximate surface area is 172 Å². The lowest BCUT2D eigenvalue weighted by atomic mass is 10.2. The quantitative estimate of drug-likeness (QED) is 0.332. The van der Waals surface area contributed by atoms with Gasteiger partial charge in [-0.15, -0.1) is 24.0 Å². The minimum absolute atomic E-state index is 0. The van der Waals surface area contributed by atoms with Crippen LogP contribution in [0, 0.1) is 13.8 Å². The molecular weight excluding hydrogens is 445 g/mol. The first-order chi connectivity index (χ1) is 12.2. The highest BCUT2D eigenvalue weighted by Crippen LogP contribution is 2.14. The number of methoxy groups -OCH3 is 1. The highest BCUT2D eigenvalue weighted by molar-refractivity contribution is 14.0. The third-order valence-corrected chi connectivity index (χ3v) is 4.02. The molecule has 0 fully saturated rings. The van der Waals surface area contributed by atoms with Crippen molar-refractivity contribution < 1.29 is 9.15 Å². The van der Waals surface area contributed by atoms with Crippen LogP contribution in [0.1, 0.15) is 29.6 Å². The highest BCUT2D eigenvalue weighted by Gasteiger charge is 2.11. The maximum atomic E-state index is 5.35. The number of aliphatic imine (C=N–C) groups is 1. The molecule has 8 heteroatoms. The Hall–Kier alpha value is -1.55. The molecule has 2 rings (SSSR count). The maximum absolute atomic E-state index is 5.35. The van der Waals surface area contributed by atoms with Crippen molar-refractivity contribution in [1.82, 2.24) is 20.4 Å². The van der Waals surface area contributed by atoms with E-state index >= 15 is 0 Å². The molecule has 146 valence electrons. The van der Waals surface area contributed by atoms with Gasteiger partial charge >= 0.3 is 0 Å². The van der Waals surface area contributed by atoms with Gasteiger partial charge in [-0.2, -0.15) is 5.10 Å². The Morgan fingerprint density at radius 1 is 1.35 bits per heavy atom. The second-order valence-corrected chi connectivity index (χ2v) is 5.82. The summed E-state index contributed by atoms with van der Waals surface area (Å²) in [7, 11) is 1.70. The van der Waals surface area contributed by atoms with E-state index in [0.29, 0.717) is 13.2 Å². The van der Waals surface area contributed by atoms with Gasteiger partial charge in [-0.3, -0.25) is 4.68 Å². The summed E-state index contributed by atoms with van der Waals surface area (Å²) >= 11 is 0. The zero-order chi connectivity index (χ0) is 18.1. The summed E-state index contributed by atoms with van der Waals surface area (Å²) in [6.45, 7) is 9.76. The standard InChI is InChI=1S/C18H29N5O2.HI/c1-5-19-18(20-9-8-16-7-6-11-25-16)21-13-17-14(2)22-23(15(17)3)10-12-24-4;/h6-7,11H,5,8-10,12-13H2,1-4H3,(H2,19,20,21);1H. The Balaban J connectivity index is 0.00000338. The summed E-state index contributed by atoms with van der Waals surface area (Å²) in [6.07, 6.45) is 2.52. The summed E-state index contributed by atoms with van der Waals surface area (Å²) in [5.74, 6) is 1.77. The smallest absolute Gasteiger partial charge is 0.191 e. The summed E-state index contributed by atoms with van der Waals surface area (Å²) in [6, 6.07) is 3.88. The molecule has 0 saturated heterocycles. The summed E-state index contributed by atoms with van der Waals surface area (Å²) in [5.41, 5.74) is 3.33. The molecule has 0 spiro atoms. The van der Waals surface area contributed by atoms with Crippen molar-refractivity contribution in [2.75, 3.05) is 26.8 Å². The molecule has 2 heterocycles. The number of hydrogen-bond donors (Lipinski definition) is 2. The molecule has 0 aliphatic rings. The van der Waals surface area contributed by atoms with E-state index in [9.17, 15) is 0 Å². The number of ether oxygens (including phenoxy) is 1. The number of guanidine groups is 1. The summed E-state index contributed by atoms with van der Waals surface area (Å²) < 4.78 is 12.5. The van der Waals surface area contributed by atoms with Crippen LogP contribution in [0.15, 0.2) is 27.8 Å². The summed E-state index contributed by atoms with van der Waals surface area (Å²) in [4.78, 5) is 4.70. The first-order valence-corrected chi connectivity index (χ1v) is 8.72. The Morgan fingerprint density at radius 2 is 2.15 bits per heavy atom. The van der Waals surface area contributed by atoms with Crippen LogP contribution >= 0.6 is 24.0 Å². The fraction of sp³-hybridized carbons (Fsp3) is 0.556. The van der Waals surface area contributed by atoms with Gasteiger partial charge < -0.3 is 19.8 Å². The molecular formula is C18H30IN5O2. The van der Waals surface area contributed by atoms with Gasteiger partial charge in [0.25, 0.3) is 0 Å². The number of nitrogens with one attached hydrogen (secondary N) is 2. The molecule has 0 bridgehead atoms. The van der Waals surface area contributed by atoms with Crippen molar-refractivity contribution >= 4 is 29.9 Å². The Morgan fingerprint density at radius 3 is 2.81 bits per heavy atom. The average molecular weight is 475 g/mol. The number of aryl methyl sites for hydroxylation is 1. The fourth-order valence-electron chi connectivity index (χ4n) is 2.62. The molecule has 0 atom stereocenters. The van der Waals surface area contributed by atoms with E-state index in [1.54, 1.807) is 13.4 Å². The van der Waals surface area contributed by atoms with E-state index in [1.807, 2.05) is 23.7 Å². The number of furan rings is 1. The maximum Gasteiger partial charge on any atom is 0.191 e. The highest BCUT2D eigenvalue weighted by atomic mass is 127. The molecule has 0 aromatic carbocycles. The van der Waals surface area contributed by atoms with E-state index < -0.39 is 0 Å². The fourth-order valence-corrected chi connectivity index (χ4v) is 2.62. The predicted octanol–water partition coefficient (Wildman–Crippen LogP) is 2.66. The van der Waals surface area contributed by atoms with Crippen molar-refractivity contribution in [1.29, 1.82) is 0 Å². The van der Waals surface area contributed by atoms with E-state index in [2.05, 4.69) is 29.6 Å². The molecule has 0 radical (unpaired) electrons. The lowest BCUT2D eigenvalue weighted by Crippen LogP contribution is -2.38. The van der Waals surface area contributed by atoms with Gasteiger partial charge in [0.1, 0.15) is 5.76 Å². The monoisotopic (exact) mass is 475 g/mol. The normalized spacial score (nSPS) is 11.3. The molecule has 7 nitrogen and oxygen atoms in total. The van der Waals surface area contributed by atoms with Gasteiger partial charge in [-0.05, 0) is 32.9 Å². The van der Waals surface area contributed by atoms with Gasteiger partial charge in [0, 0.05) is 37.9 Å². The van der Waals surface area contributed by atoms with Crippen LogP contribution in [0.4, 0.5) is 0 Å². The zero-order valence-corrected chi connectivity index (χ0v) is 18.4. The molecule has 2 aromatic heterocycles. The van der Waals surface area contributed by atoms with Crippen molar-refractivity contribution in [3.63, 3.8) is 0 Å². The molecule has 0 unspecified atom stereocenters. The molecule has 2 N–H and O–H groups in total. The van der Waals surface area contributed by atoms with E-state index in [1.165, 1.54) is 5.56 Å². The number of aromatic nitrogens is 2. The second-order valence-electron chi connectivity index (χ2n) is 5.82. The molecule has 0 amide bonds. The number of hydrogen-bond acceptors (Lipinski definition) is 4. The number of nitrogens with zero attached hydrogens (tertiary/aromatic N) is 3. The van der Waals surface area contributed by atoms with Crippen molar-refractivity contribution in [3.05, 3.63) is 41.1 Å². The Kier molecular flexibility index (Phi) is 10.3. The molecule has 26 heavy (non-hydrogen) atoms. The average Bonchev–Trinajstić information content (AvgIpc) is 3.20. The van der Waals surface area contributed by atoms with Crippen LogP contribution in [0.3, 0.4) is 0 Å². The van der Waals surface area contributed by atoms with Crippen LogP contribution in [0.25, 0.3) is 0 Å². The summed E-state index contributed by atoms with van der Waals surface area (Å²) in [5, 5.41) is 11.2.